The Morgan fingerprint density at radius 2 is 1.92 bits per heavy atom. The van der Waals surface area contributed by atoms with E-state index in [1.165, 1.54) is 0 Å². The summed E-state index contributed by atoms with van der Waals surface area (Å²) < 4.78 is 5.54. The van der Waals surface area contributed by atoms with Gasteiger partial charge in [-0.05, 0) is 60.9 Å². The van der Waals surface area contributed by atoms with E-state index in [0.717, 1.165) is 11.3 Å². The van der Waals surface area contributed by atoms with Crippen molar-refractivity contribution >= 4 is 34.8 Å². The van der Waals surface area contributed by atoms with Crippen molar-refractivity contribution in [2.24, 2.45) is 5.10 Å². The van der Waals surface area contributed by atoms with E-state index in [0.29, 0.717) is 35.2 Å². The molecule has 2 N–H and O–H groups in total. The first-order chi connectivity index (χ1) is 12.5. The zero-order chi connectivity index (χ0) is 18.9. The quantitative estimate of drug-likeness (QED) is 0.384. The summed E-state index contributed by atoms with van der Waals surface area (Å²) in [4.78, 5) is 11.9. The summed E-state index contributed by atoms with van der Waals surface area (Å²) in [5.41, 5.74) is 4.14. The highest BCUT2D eigenvalue weighted by atomic mass is 35.5. The highest BCUT2D eigenvalue weighted by molar-refractivity contribution is 6.35. The minimum atomic E-state index is -0.194. The summed E-state index contributed by atoms with van der Waals surface area (Å²) in [5.74, 6) is 0.532. The Morgan fingerprint density at radius 3 is 2.58 bits per heavy atom. The summed E-state index contributed by atoms with van der Waals surface area (Å²) in [7, 11) is 0. The van der Waals surface area contributed by atoms with Gasteiger partial charge < -0.3 is 9.84 Å². The van der Waals surface area contributed by atoms with Gasteiger partial charge >= 0.3 is 0 Å². The SMILES string of the molecule is CCC(=NNC(=O)CCCOc1ccc(Cl)cc1Cl)c1ccc(O)cc1. The molecule has 7 heteroatoms. The number of phenols is 1. The third kappa shape index (κ3) is 6.24. The zero-order valence-electron chi connectivity index (χ0n) is 14.3. The molecular weight excluding hydrogens is 375 g/mol. The number of hydrazone groups is 1. The highest BCUT2D eigenvalue weighted by Gasteiger charge is 2.06. The minimum absolute atomic E-state index is 0.189. The molecule has 5 nitrogen and oxygen atoms in total. The monoisotopic (exact) mass is 394 g/mol. The predicted octanol–water partition coefficient (Wildman–Crippen LogP) is 4.79. The van der Waals surface area contributed by atoms with Gasteiger partial charge in [-0.25, -0.2) is 5.43 Å². The normalized spacial score (nSPS) is 11.3. The van der Waals surface area contributed by atoms with Crippen molar-refractivity contribution < 1.29 is 14.6 Å². The van der Waals surface area contributed by atoms with Crippen molar-refractivity contribution in [1.29, 1.82) is 0 Å². The largest absolute Gasteiger partial charge is 0.508 e. The molecule has 0 atom stereocenters. The Morgan fingerprint density at radius 1 is 1.19 bits per heavy atom. The standard InChI is InChI=1S/C19H20Cl2N2O3/c1-2-17(13-5-8-15(24)9-6-13)22-23-19(25)4-3-11-26-18-10-7-14(20)12-16(18)21/h5-10,12,24H,2-4,11H2,1H3,(H,23,25). The van der Waals surface area contributed by atoms with Crippen LogP contribution in [0, 0.1) is 0 Å². The van der Waals surface area contributed by atoms with Crippen LogP contribution in [0.15, 0.2) is 47.6 Å². The van der Waals surface area contributed by atoms with Crippen molar-refractivity contribution in [2.45, 2.75) is 26.2 Å². The number of nitrogens with one attached hydrogen (secondary N) is 1. The Balaban J connectivity index is 1.78. The van der Waals surface area contributed by atoms with Crippen molar-refractivity contribution in [3.05, 3.63) is 58.1 Å². The van der Waals surface area contributed by atoms with Gasteiger partial charge in [0.2, 0.25) is 5.91 Å². The van der Waals surface area contributed by atoms with Crippen LogP contribution in [0.3, 0.4) is 0 Å². The number of halogens is 2. The van der Waals surface area contributed by atoms with Crippen LogP contribution in [0.5, 0.6) is 11.5 Å². The number of rotatable bonds is 8. The fourth-order valence-corrected chi connectivity index (χ4v) is 2.66. The van der Waals surface area contributed by atoms with Gasteiger partial charge in [-0.2, -0.15) is 5.10 Å². The molecule has 0 heterocycles. The highest BCUT2D eigenvalue weighted by Crippen LogP contribution is 2.27. The van der Waals surface area contributed by atoms with Crippen molar-refractivity contribution in [2.75, 3.05) is 6.61 Å². The summed E-state index contributed by atoms with van der Waals surface area (Å²) in [6.07, 6.45) is 1.46. The Bertz CT molecular complexity index is 777. The number of amides is 1. The first-order valence-corrected chi connectivity index (χ1v) is 8.98. The summed E-state index contributed by atoms with van der Waals surface area (Å²) >= 11 is 11.8. The smallest absolute Gasteiger partial charge is 0.240 e. The molecule has 0 aliphatic heterocycles. The molecule has 2 aromatic rings. The van der Waals surface area contributed by atoms with Gasteiger partial charge in [-0.3, -0.25) is 4.79 Å². The molecule has 0 fully saturated rings. The fourth-order valence-electron chi connectivity index (χ4n) is 2.19. The Kier molecular flexibility index (Phi) is 7.75. The number of phenolic OH excluding ortho intramolecular Hbond substituents is 1. The van der Waals surface area contributed by atoms with Gasteiger partial charge in [0, 0.05) is 11.4 Å². The number of aromatic hydroxyl groups is 1. The number of benzene rings is 2. The molecule has 0 saturated carbocycles. The zero-order valence-corrected chi connectivity index (χ0v) is 15.8. The summed E-state index contributed by atoms with van der Waals surface area (Å²) in [6, 6.07) is 11.7. The van der Waals surface area contributed by atoms with E-state index < -0.39 is 0 Å². The van der Waals surface area contributed by atoms with Gasteiger partial charge in [0.05, 0.1) is 17.3 Å². The lowest BCUT2D eigenvalue weighted by atomic mass is 10.1. The van der Waals surface area contributed by atoms with E-state index in [1.54, 1.807) is 42.5 Å². The third-order valence-corrected chi connectivity index (χ3v) is 4.08. The fraction of sp³-hybridized carbons (Fsp3) is 0.263. The minimum Gasteiger partial charge on any atom is -0.508 e. The molecule has 0 saturated heterocycles. The molecule has 0 aliphatic carbocycles. The van der Waals surface area contributed by atoms with Crippen LogP contribution < -0.4 is 10.2 Å². The molecule has 2 rings (SSSR count). The maximum absolute atomic E-state index is 11.9. The maximum atomic E-state index is 11.9. The summed E-state index contributed by atoms with van der Waals surface area (Å²) in [6.45, 7) is 2.30. The lowest BCUT2D eigenvalue weighted by Crippen LogP contribution is -2.20. The molecule has 138 valence electrons. The molecule has 0 bridgehead atoms. The number of carbonyl (C=O) groups excluding carboxylic acids is 1. The van der Waals surface area contributed by atoms with Gasteiger partial charge in [-0.1, -0.05) is 30.1 Å². The van der Waals surface area contributed by atoms with Crippen molar-refractivity contribution in [3.63, 3.8) is 0 Å². The van der Waals surface area contributed by atoms with Crippen LogP contribution in [0.2, 0.25) is 10.0 Å². The van der Waals surface area contributed by atoms with Crippen LogP contribution in [0.4, 0.5) is 0 Å². The average Bonchev–Trinajstić information content (AvgIpc) is 2.62. The molecule has 26 heavy (non-hydrogen) atoms. The van der Waals surface area contributed by atoms with Crippen LogP contribution in [-0.2, 0) is 4.79 Å². The van der Waals surface area contributed by atoms with Crippen LogP contribution in [0.1, 0.15) is 31.7 Å². The Labute approximate surface area is 162 Å². The number of carbonyl (C=O) groups is 1. The van der Waals surface area contributed by atoms with Crippen molar-refractivity contribution in [1.82, 2.24) is 5.43 Å². The second-order valence-corrected chi connectivity index (χ2v) is 6.36. The molecule has 1 amide bonds. The first kappa shape index (κ1) is 20.1. The van der Waals surface area contributed by atoms with Crippen LogP contribution in [-0.4, -0.2) is 23.3 Å². The average molecular weight is 395 g/mol. The predicted molar refractivity (Wildman–Crippen MR) is 104 cm³/mol. The maximum Gasteiger partial charge on any atom is 0.240 e. The van der Waals surface area contributed by atoms with Gasteiger partial charge in [0.15, 0.2) is 0 Å². The number of nitrogens with zero attached hydrogens (tertiary/aromatic N) is 1. The lowest BCUT2D eigenvalue weighted by Gasteiger charge is -2.08. The van der Waals surface area contributed by atoms with Gasteiger partial charge in [-0.15, -0.1) is 0 Å². The van der Waals surface area contributed by atoms with Gasteiger partial charge in [0.1, 0.15) is 11.5 Å². The van der Waals surface area contributed by atoms with E-state index in [9.17, 15) is 9.90 Å². The number of hydrogen-bond donors (Lipinski definition) is 2. The van der Waals surface area contributed by atoms with E-state index >= 15 is 0 Å². The molecule has 2 aromatic carbocycles. The van der Waals surface area contributed by atoms with Gasteiger partial charge in [0.25, 0.3) is 0 Å². The Hall–Kier alpha value is -2.24. The second kappa shape index (κ2) is 10.0. The summed E-state index contributed by atoms with van der Waals surface area (Å²) in [5, 5.41) is 14.5. The third-order valence-electron chi connectivity index (χ3n) is 3.55. The number of ether oxygens (including phenoxy) is 1. The molecular formula is C19H20Cl2N2O3. The van der Waals surface area contributed by atoms with E-state index in [-0.39, 0.29) is 18.1 Å². The molecule has 0 radical (unpaired) electrons. The van der Waals surface area contributed by atoms with Crippen molar-refractivity contribution in [3.8, 4) is 11.5 Å². The first-order valence-electron chi connectivity index (χ1n) is 8.22. The van der Waals surface area contributed by atoms with E-state index in [1.807, 2.05) is 6.92 Å². The van der Waals surface area contributed by atoms with E-state index in [2.05, 4.69) is 10.5 Å². The molecule has 0 aliphatic rings. The number of hydrogen-bond acceptors (Lipinski definition) is 4. The van der Waals surface area contributed by atoms with Crippen LogP contribution in [0.25, 0.3) is 0 Å². The molecule has 0 aromatic heterocycles. The topological polar surface area (TPSA) is 70.9 Å². The lowest BCUT2D eigenvalue weighted by molar-refractivity contribution is -0.121. The van der Waals surface area contributed by atoms with E-state index in [4.69, 9.17) is 27.9 Å². The van der Waals surface area contributed by atoms with Crippen LogP contribution >= 0.6 is 23.2 Å². The molecule has 0 unspecified atom stereocenters. The second-order valence-electron chi connectivity index (χ2n) is 5.52. The molecule has 0 spiro atoms.